The van der Waals surface area contributed by atoms with Gasteiger partial charge in [-0.05, 0) is 50.6 Å². The van der Waals surface area contributed by atoms with E-state index < -0.39 is 0 Å². The molecule has 2 aromatic heterocycles. The van der Waals surface area contributed by atoms with Crippen LogP contribution in [0.15, 0.2) is 36.4 Å². The van der Waals surface area contributed by atoms with Crippen molar-refractivity contribution in [3.8, 4) is 0 Å². The third-order valence-corrected chi connectivity index (χ3v) is 6.78. The molecule has 136 valence electrons. The largest absolute Gasteiger partial charge is 0.338 e. The van der Waals surface area contributed by atoms with Crippen LogP contribution in [-0.2, 0) is 0 Å². The third-order valence-electron chi connectivity index (χ3n) is 4.72. The van der Waals surface area contributed by atoms with Gasteiger partial charge in [-0.25, -0.2) is 4.98 Å². The molecule has 0 bridgehead atoms. The third kappa shape index (κ3) is 3.75. The number of hydrogen-bond acceptors (Lipinski definition) is 6. The fourth-order valence-corrected chi connectivity index (χ4v) is 5.43. The molecule has 0 saturated carbocycles. The lowest BCUT2D eigenvalue weighted by molar-refractivity contribution is 0.0696. The molecule has 0 spiro atoms. The fraction of sp³-hybridized carbons (Fsp3) is 0.368. The molecule has 4 rings (SSSR count). The van der Waals surface area contributed by atoms with Gasteiger partial charge in [0, 0.05) is 18.8 Å². The Hall–Kier alpha value is -1.96. The summed E-state index contributed by atoms with van der Waals surface area (Å²) < 4.78 is 1.07. The van der Waals surface area contributed by atoms with E-state index >= 15 is 0 Å². The van der Waals surface area contributed by atoms with Gasteiger partial charge in [-0.2, -0.15) is 0 Å². The quantitative estimate of drug-likeness (QED) is 0.691. The molecule has 26 heavy (non-hydrogen) atoms. The molecule has 0 radical (unpaired) electrons. The van der Waals surface area contributed by atoms with Crippen molar-refractivity contribution in [1.82, 2.24) is 15.2 Å². The Kier molecular flexibility index (Phi) is 5.19. The maximum atomic E-state index is 12.8. The summed E-state index contributed by atoms with van der Waals surface area (Å²) in [7, 11) is 1.99. The van der Waals surface area contributed by atoms with Gasteiger partial charge >= 0.3 is 0 Å². The number of nitrogens with one attached hydrogen (secondary N) is 2. The Bertz CT molecular complexity index is 850. The molecule has 2 N–H and O–H groups in total. The number of anilines is 2. The predicted octanol–water partition coefficient (Wildman–Crippen LogP) is 4.17. The fourth-order valence-electron chi connectivity index (χ4n) is 3.32. The Morgan fingerprint density at radius 2 is 2.00 bits per heavy atom. The summed E-state index contributed by atoms with van der Waals surface area (Å²) in [5.41, 5.74) is 1.02. The van der Waals surface area contributed by atoms with Gasteiger partial charge in [-0.15, -0.1) is 11.3 Å². The highest BCUT2D eigenvalue weighted by atomic mass is 32.1. The van der Waals surface area contributed by atoms with Crippen LogP contribution >= 0.6 is 22.7 Å². The SMILES string of the molecule is CNCC1CCN(C(=O)c2cc3sc(Nc4ccccc4)nc3s2)CC1. The van der Waals surface area contributed by atoms with Crippen molar-refractivity contribution in [1.29, 1.82) is 0 Å². The number of rotatable bonds is 5. The number of piperidine rings is 1. The Morgan fingerprint density at radius 1 is 1.23 bits per heavy atom. The summed E-state index contributed by atoms with van der Waals surface area (Å²) in [4.78, 5) is 21.2. The first kappa shape index (κ1) is 17.5. The van der Waals surface area contributed by atoms with Gasteiger partial charge in [0.1, 0.15) is 4.83 Å². The summed E-state index contributed by atoms with van der Waals surface area (Å²) in [5, 5.41) is 7.42. The number of hydrogen-bond donors (Lipinski definition) is 2. The number of fused-ring (bicyclic) bond motifs is 1. The van der Waals surface area contributed by atoms with Crippen molar-refractivity contribution in [2.45, 2.75) is 12.8 Å². The van der Waals surface area contributed by atoms with Gasteiger partial charge in [0.05, 0.1) is 9.58 Å². The molecule has 5 nitrogen and oxygen atoms in total. The Morgan fingerprint density at radius 3 is 2.69 bits per heavy atom. The topological polar surface area (TPSA) is 57.3 Å². The van der Waals surface area contributed by atoms with Crippen LogP contribution in [0, 0.1) is 5.92 Å². The first-order chi connectivity index (χ1) is 12.7. The van der Waals surface area contributed by atoms with Crippen molar-refractivity contribution >= 4 is 48.9 Å². The van der Waals surface area contributed by atoms with E-state index in [1.165, 1.54) is 11.3 Å². The first-order valence-electron chi connectivity index (χ1n) is 8.89. The van der Waals surface area contributed by atoms with Crippen molar-refractivity contribution in [2.24, 2.45) is 5.92 Å². The summed E-state index contributed by atoms with van der Waals surface area (Å²) >= 11 is 3.09. The minimum Gasteiger partial charge on any atom is -0.338 e. The van der Waals surface area contributed by atoms with E-state index in [0.29, 0.717) is 5.92 Å². The van der Waals surface area contributed by atoms with Gasteiger partial charge in [-0.1, -0.05) is 29.5 Å². The number of aromatic nitrogens is 1. The van der Waals surface area contributed by atoms with Crippen molar-refractivity contribution in [3.05, 3.63) is 41.3 Å². The van der Waals surface area contributed by atoms with Crippen molar-refractivity contribution < 1.29 is 4.79 Å². The van der Waals surface area contributed by atoms with Gasteiger partial charge in [0.15, 0.2) is 5.13 Å². The lowest BCUT2D eigenvalue weighted by atomic mass is 9.97. The van der Waals surface area contributed by atoms with E-state index in [-0.39, 0.29) is 5.91 Å². The summed E-state index contributed by atoms with van der Waals surface area (Å²) in [6.07, 6.45) is 2.16. The second-order valence-corrected chi connectivity index (χ2v) is 8.64. The predicted molar refractivity (Wildman–Crippen MR) is 110 cm³/mol. The number of nitrogens with zero attached hydrogens (tertiary/aromatic N) is 2. The highest BCUT2D eigenvalue weighted by Crippen LogP contribution is 2.35. The van der Waals surface area contributed by atoms with Gasteiger partial charge in [-0.3, -0.25) is 4.79 Å². The summed E-state index contributed by atoms with van der Waals surface area (Å²) in [6.45, 7) is 2.74. The van der Waals surface area contributed by atoms with E-state index in [2.05, 4.69) is 15.6 Å². The van der Waals surface area contributed by atoms with E-state index in [9.17, 15) is 4.79 Å². The van der Waals surface area contributed by atoms with Crippen molar-refractivity contribution in [2.75, 3.05) is 32.0 Å². The Balaban J connectivity index is 1.43. The van der Waals surface area contributed by atoms with Crippen LogP contribution in [-0.4, -0.2) is 42.5 Å². The first-order valence-corrected chi connectivity index (χ1v) is 10.5. The molecule has 1 aliphatic heterocycles. The van der Waals surface area contributed by atoms with Crippen LogP contribution < -0.4 is 10.6 Å². The van der Waals surface area contributed by atoms with Gasteiger partial charge < -0.3 is 15.5 Å². The molecular formula is C19H22N4OS2. The lowest BCUT2D eigenvalue weighted by Gasteiger charge is -2.31. The van der Waals surface area contributed by atoms with E-state index in [1.54, 1.807) is 11.3 Å². The number of carbonyl (C=O) groups excluding carboxylic acids is 1. The molecule has 7 heteroatoms. The second-order valence-electron chi connectivity index (χ2n) is 6.58. The monoisotopic (exact) mass is 386 g/mol. The number of likely N-dealkylation sites (tertiary alicyclic amines) is 1. The van der Waals surface area contributed by atoms with Crippen LogP contribution in [0.1, 0.15) is 22.5 Å². The molecule has 0 atom stereocenters. The molecule has 1 aliphatic rings. The summed E-state index contributed by atoms with van der Waals surface area (Å²) in [6, 6.07) is 12.0. The minimum atomic E-state index is 0.153. The molecule has 3 aromatic rings. The average Bonchev–Trinajstić information content (AvgIpc) is 3.21. The molecule has 3 heterocycles. The average molecular weight is 387 g/mol. The highest BCUT2D eigenvalue weighted by molar-refractivity contribution is 7.29. The maximum absolute atomic E-state index is 12.8. The molecule has 1 saturated heterocycles. The van der Waals surface area contributed by atoms with E-state index in [4.69, 9.17) is 0 Å². The van der Waals surface area contributed by atoms with Gasteiger partial charge in [0.25, 0.3) is 5.91 Å². The molecule has 1 amide bonds. The van der Waals surface area contributed by atoms with E-state index in [1.807, 2.05) is 48.3 Å². The van der Waals surface area contributed by atoms with Gasteiger partial charge in [0.2, 0.25) is 0 Å². The number of thiophene rings is 1. The van der Waals surface area contributed by atoms with E-state index in [0.717, 1.165) is 57.7 Å². The Labute approximate surface area is 161 Å². The number of benzene rings is 1. The van der Waals surface area contributed by atoms with Crippen LogP contribution in [0.2, 0.25) is 0 Å². The normalized spacial score (nSPS) is 15.5. The van der Waals surface area contributed by atoms with Crippen molar-refractivity contribution in [3.63, 3.8) is 0 Å². The zero-order valence-electron chi connectivity index (χ0n) is 14.7. The molecule has 0 aliphatic carbocycles. The zero-order chi connectivity index (χ0) is 17.9. The molecule has 1 aromatic carbocycles. The van der Waals surface area contributed by atoms with Crippen LogP contribution in [0.3, 0.4) is 0 Å². The molecule has 0 unspecified atom stereocenters. The summed E-state index contributed by atoms with van der Waals surface area (Å²) in [5.74, 6) is 0.838. The second kappa shape index (κ2) is 7.73. The molecular weight excluding hydrogens is 364 g/mol. The number of carbonyl (C=O) groups is 1. The smallest absolute Gasteiger partial charge is 0.264 e. The van der Waals surface area contributed by atoms with Crippen LogP contribution in [0.25, 0.3) is 9.53 Å². The zero-order valence-corrected chi connectivity index (χ0v) is 16.3. The maximum Gasteiger partial charge on any atom is 0.264 e. The van der Waals surface area contributed by atoms with Crippen LogP contribution in [0.4, 0.5) is 10.8 Å². The number of para-hydroxylation sites is 1. The standard InChI is InChI=1S/C19H22N4OS2/c1-20-12-13-7-9-23(10-8-13)18(24)16-11-15-17(25-16)22-19(26-15)21-14-5-3-2-4-6-14/h2-6,11,13,20H,7-10,12H2,1H3,(H,21,22). The van der Waals surface area contributed by atoms with Crippen LogP contribution in [0.5, 0.6) is 0 Å². The highest BCUT2D eigenvalue weighted by Gasteiger charge is 2.25. The number of amides is 1. The number of thiazole rings is 1. The lowest BCUT2D eigenvalue weighted by Crippen LogP contribution is -2.40. The minimum absolute atomic E-state index is 0.153. The molecule has 1 fully saturated rings.